The smallest absolute Gasteiger partial charge is 0.421 e. The number of aromatic amines is 1. The topological polar surface area (TPSA) is 90.5 Å². The lowest BCUT2D eigenvalue weighted by Crippen LogP contribution is -2.26. The summed E-state index contributed by atoms with van der Waals surface area (Å²) in [4.78, 5) is 11.7. The standard InChI is InChI=1S/C13H20F3N2O5P/c1-6-21-12(19)10-9(13(14,15)16)11(18-17-10)24(20,22-7(2)3)23-8(4)5/h7-8H,6H2,1-5H3,(H,17,18). The number of halogens is 3. The average Bonchev–Trinajstić information content (AvgIpc) is 2.81. The molecule has 0 saturated carbocycles. The van der Waals surface area contributed by atoms with Gasteiger partial charge in [0.1, 0.15) is 5.56 Å². The van der Waals surface area contributed by atoms with Crippen molar-refractivity contribution in [2.45, 2.75) is 53.0 Å². The van der Waals surface area contributed by atoms with E-state index in [2.05, 4.69) is 9.84 Å². The van der Waals surface area contributed by atoms with Crippen molar-refractivity contribution in [1.82, 2.24) is 10.2 Å². The van der Waals surface area contributed by atoms with Crippen LogP contribution < -0.4 is 5.44 Å². The number of esters is 1. The number of ether oxygens (including phenoxy) is 1. The van der Waals surface area contributed by atoms with E-state index in [-0.39, 0.29) is 6.61 Å². The number of carbonyl (C=O) groups is 1. The molecule has 24 heavy (non-hydrogen) atoms. The van der Waals surface area contributed by atoms with Gasteiger partial charge in [-0.25, -0.2) is 4.79 Å². The monoisotopic (exact) mass is 372 g/mol. The average molecular weight is 372 g/mol. The summed E-state index contributed by atoms with van der Waals surface area (Å²) in [6, 6.07) is 0. The van der Waals surface area contributed by atoms with Crippen molar-refractivity contribution in [3.63, 3.8) is 0 Å². The molecule has 0 radical (unpaired) electrons. The van der Waals surface area contributed by atoms with E-state index in [4.69, 9.17) is 9.05 Å². The maximum atomic E-state index is 13.4. The molecule has 1 rings (SSSR count). The summed E-state index contributed by atoms with van der Waals surface area (Å²) >= 11 is 0. The Morgan fingerprint density at radius 2 is 1.71 bits per heavy atom. The van der Waals surface area contributed by atoms with Gasteiger partial charge in [-0.05, 0) is 34.6 Å². The zero-order valence-corrected chi connectivity index (χ0v) is 14.8. The Balaban J connectivity index is 3.55. The number of hydrogen-bond donors (Lipinski definition) is 1. The van der Waals surface area contributed by atoms with Crippen molar-refractivity contribution < 1.29 is 36.3 Å². The largest absolute Gasteiger partial charge is 0.461 e. The number of hydrogen-bond acceptors (Lipinski definition) is 6. The highest BCUT2D eigenvalue weighted by atomic mass is 31.2. The number of aromatic nitrogens is 2. The normalized spacial score (nSPS) is 12.9. The first-order valence-corrected chi connectivity index (χ1v) is 8.76. The fraction of sp³-hybridized carbons (Fsp3) is 0.692. The van der Waals surface area contributed by atoms with Gasteiger partial charge in [0.25, 0.3) is 0 Å². The van der Waals surface area contributed by atoms with Gasteiger partial charge >= 0.3 is 19.7 Å². The minimum atomic E-state index is -5.01. The van der Waals surface area contributed by atoms with Gasteiger partial charge in [-0.1, -0.05) is 0 Å². The fourth-order valence-corrected chi connectivity index (χ4v) is 3.88. The van der Waals surface area contributed by atoms with Gasteiger partial charge in [0.15, 0.2) is 11.1 Å². The van der Waals surface area contributed by atoms with E-state index in [1.165, 1.54) is 34.6 Å². The Kier molecular flexibility index (Phi) is 6.60. The van der Waals surface area contributed by atoms with Crippen LogP contribution in [0.15, 0.2) is 0 Å². The Hall–Kier alpha value is -1.38. The molecule has 0 aliphatic heterocycles. The second-order valence-electron chi connectivity index (χ2n) is 5.32. The van der Waals surface area contributed by atoms with Crippen LogP contribution >= 0.6 is 7.60 Å². The summed E-state index contributed by atoms with van der Waals surface area (Å²) in [6.45, 7) is 7.27. The minimum Gasteiger partial charge on any atom is -0.461 e. The predicted octanol–water partition coefficient (Wildman–Crippen LogP) is 3.27. The van der Waals surface area contributed by atoms with Gasteiger partial charge in [-0.2, -0.15) is 18.3 Å². The number of carbonyl (C=O) groups excluding carboxylic acids is 1. The van der Waals surface area contributed by atoms with Crippen molar-refractivity contribution in [2.24, 2.45) is 0 Å². The Bertz CT molecular complexity index is 614. The van der Waals surface area contributed by atoms with Crippen LogP contribution in [0, 0.1) is 0 Å². The molecule has 1 aromatic rings. The van der Waals surface area contributed by atoms with E-state index in [0.717, 1.165) is 0 Å². The molecule has 0 saturated heterocycles. The number of H-pyrrole nitrogens is 1. The Labute approximate surface area is 137 Å². The summed E-state index contributed by atoms with van der Waals surface area (Å²) < 4.78 is 68.1. The van der Waals surface area contributed by atoms with Gasteiger partial charge in [0.05, 0.1) is 18.8 Å². The van der Waals surface area contributed by atoms with E-state index in [1.54, 1.807) is 0 Å². The molecular weight excluding hydrogens is 352 g/mol. The van der Waals surface area contributed by atoms with Crippen LogP contribution in [-0.2, 0) is 24.5 Å². The maximum Gasteiger partial charge on any atom is 0.421 e. The van der Waals surface area contributed by atoms with E-state index in [1.807, 2.05) is 5.10 Å². The first-order valence-electron chi connectivity index (χ1n) is 7.22. The highest BCUT2D eigenvalue weighted by molar-refractivity contribution is 7.62. The first kappa shape index (κ1) is 20.7. The molecular formula is C13H20F3N2O5P. The Morgan fingerprint density at radius 1 is 1.21 bits per heavy atom. The third-order valence-corrected chi connectivity index (χ3v) is 4.74. The molecule has 0 unspecified atom stereocenters. The SMILES string of the molecule is CCOC(=O)c1n[nH]c(P(=O)(OC(C)C)OC(C)C)c1C(F)(F)F. The molecule has 0 fully saturated rings. The molecule has 0 amide bonds. The molecule has 1 N–H and O–H groups in total. The quantitative estimate of drug-likeness (QED) is 0.584. The number of rotatable bonds is 7. The molecule has 0 aliphatic carbocycles. The van der Waals surface area contributed by atoms with Crippen LogP contribution in [0.25, 0.3) is 0 Å². The molecule has 0 bridgehead atoms. The zero-order chi connectivity index (χ0) is 18.7. The minimum absolute atomic E-state index is 0.138. The van der Waals surface area contributed by atoms with Crippen LogP contribution in [-0.4, -0.2) is 35.0 Å². The third-order valence-electron chi connectivity index (χ3n) is 2.47. The molecule has 0 atom stereocenters. The lowest BCUT2D eigenvalue weighted by molar-refractivity contribution is -0.137. The molecule has 1 aromatic heterocycles. The lowest BCUT2D eigenvalue weighted by atomic mass is 10.2. The number of nitrogens with one attached hydrogen (secondary N) is 1. The summed E-state index contributed by atoms with van der Waals surface area (Å²) in [5.74, 6) is -1.28. The van der Waals surface area contributed by atoms with Crippen LogP contribution in [0.4, 0.5) is 13.2 Å². The zero-order valence-electron chi connectivity index (χ0n) is 13.9. The van der Waals surface area contributed by atoms with Gasteiger partial charge in [-0.15, -0.1) is 0 Å². The van der Waals surface area contributed by atoms with Gasteiger partial charge in [0.2, 0.25) is 0 Å². The van der Waals surface area contributed by atoms with Gasteiger partial charge in [0, 0.05) is 0 Å². The molecule has 138 valence electrons. The summed E-state index contributed by atoms with van der Waals surface area (Å²) in [7, 11) is -4.40. The number of nitrogens with zero attached hydrogens (tertiary/aromatic N) is 1. The van der Waals surface area contributed by atoms with Crippen molar-refractivity contribution in [3.8, 4) is 0 Å². The van der Waals surface area contributed by atoms with Gasteiger partial charge < -0.3 is 13.8 Å². The van der Waals surface area contributed by atoms with Crippen LogP contribution in [0.1, 0.15) is 50.7 Å². The second kappa shape index (κ2) is 7.67. The molecule has 0 spiro atoms. The molecule has 0 aromatic carbocycles. The van der Waals surface area contributed by atoms with Crippen molar-refractivity contribution in [3.05, 3.63) is 11.3 Å². The molecule has 1 heterocycles. The van der Waals surface area contributed by atoms with Crippen LogP contribution in [0.2, 0.25) is 0 Å². The van der Waals surface area contributed by atoms with E-state index in [9.17, 15) is 22.5 Å². The van der Waals surface area contributed by atoms with Crippen molar-refractivity contribution in [2.75, 3.05) is 6.61 Å². The predicted molar refractivity (Wildman–Crippen MR) is 79.2 cm³/mol. The summed E-state index contributed by atoms with van der Waals surface area (Å²) in [5.41, 5.74) is -3.44. The van der Waals surface area contributed by atoms with E-state index < -0.39 is 48.6 Å². The molecule has 7 nitrogen and oxygen atoms in total. The highest BCUT2D eigenvalue weighted by Crippen LogP contribution is 2.51. The summed E-state index contributed by atoms with van der Waals surface area (Å²) in [5, 5.41) is 5.32. The first-order chi connectivity index (χ1) is 10.9. The second-order valence-corrected chi connectivity index (χ2v) is 7.18. The lowest BCUT2D eigenvalue weighted by Gasteiger charge is -2.23. The van der Waals surface area contributed by atoms with Crippen LogP contribution in [0.5, 0.6) is 0 Å². The van der Waals surface area contributed by atoms with Gasteiger partial charge in [-0.3, -0.25) is 9.66 Å². The van der Waals surface area contributed by atoms with Crippen molar-refractivity contribution >= 4 is 19.0 Å². The third kappa shape index (κ3) is 4.81. The fourth-order valence-electron chi connectivity index (χ4n) is 1.83. The van der Waals surface area contributed by atoms with Crippen LogP contribution in [0.3, 0.4) is 0 Å². The highest BCUT2D eigenvalue weighted by Gasteiger charge is 2.48. The molecule has 11 heteroatoms. The maximum absolute atomic E-state index is 13.4. The van der Waals surface area contributed by atoms with Crippen molar-refractivity contribution in [1.29, 1.82) is 0 Å². The van der Waals surface area contributed by atoms with E-state index >= 15 is 0 Å². The van der Waals surface area contributed by atoms with E-state index in [0.29, 0.717) is 0 Å². The number of alkyl halides is 3. The Morgan fingerprint density at radius 3 is 2.08 bits per heavy atom. The molecule has 0 aliphatic rings. The summed E-state index contributed by atoms with van der Waals surface area (Å²) in [6.07, 6.45) is -6.39.